The Kier molecular flexibility index (Phi) is 17.6. The van der Waals surface area contributed by atoms with Crippen molar-refractivity contribution in [2.24, 2.45) is 17.8 Å². The van der Waals surface area contributed by atoms with Crippen molar-refractivity contribution in [2.75, 3.05) is 33.8 Å². The van der Waals surface area contributed by atoms with Crippen LogP contribution in [0.2, 0.25) is 0 Å². The third kappa shape index (κ3) is 12.4. The van der Waals surface area contributed by atoms with Crippen LogP contribution in [0.15, 0.2) is 24.5 Å². The Labute approximate surface area is 326 Å². The molecule has 1 unspecified atom stereocenters. The predicted octanol–water partition coefficient (Wildman–Crippen LogP) is 1.37. The lowest BCUT2D eigenvalue weighted by Gasteiger charge is -2.47. The number of aryl methyl sites for hydroxylation is 1. The van der Waals surface area contributed by atoms with E-state index in [0.717, 1.165) is 18.4 Å². The van der Waals surface area contributed by atoms with Crippen molar-refractivity contribution in [3.05, 3.63) is 30.1 Å². The van der Waals surface area contributed by atoms with Crippen molar-refractivity contribution in [2.45, 2.75) is 154 Å². The lowest BCUT2D eigenvalue weighted by molar-refractivity contribution is -0.298. The molecule has 2 saturated heterocycles. The maximum Gasteiger partial charge on any atom is 0.316 e. The number of hydrogen-bond donors (Lipinski definition) is 6. The number of carbonyl (C=O) groups excluding carboxylic acids is 3. The Morgan fingerprint density at radius 3 is 2.42 bits per heavy atom. The summed E-state index contributed by atoms with van der Waals surface area (Å²) in [6.07, 6.45) is -1.80. The number of rotatable bonds is 13. The zero-order valence-electron chi connectivity index (χ0n) is 34.4. The van der Waals surface area contributed by atoms with Crippen molar-refractivity contribution >= 4 is 17.7 Å². The third-order valence-corrected chi connectivity index (χ3v) is 11.2. The fourth-order valence-electron chi connectivity index (χ4n) is 7.82. The van der Waals surface area contributed by atoms with Crippen LogP contribution in [0.4, 0.5) is 0 Å². The molecule has 0 radical (unpaired) electrons. The molecular weight excluding hydrogens is 712 g/mol. The third-order valence-electron chi connectivity index (χ3n) is 11.2. The van der Waals surface area contributed by atoms with Crippen LogP contribution < -0.4 is 10.6 Å². The summed E-state index contributed by atoms with van der Waals surface area (Å²) in [6.45, 7) is 13.4. The summed E-state index contributed by atoms with van der Waals surface area (Å²) in [6, 6.07) is 2.91. The Hall–Kier alpha value is -2.60. The van der Waals surface area contributed by atoms with E-state index in [1.54, 1.807) is 33.9 Å². The van der Waals surface area contributed by atoms with Crippen molar-refractivity contribution in [1.29, 1.82) is 0 Å². The van der Waals surface area contributed by atoms with Gasteiger partial charge >= 0.3 is 5.97 Å². The van der Waals surface area contributed by atoms with Crippen LogP contribution >= 0.6 is 0 Å². The molecule has 0 bridgehead atoms. The highest BCUT2D eigenvalue weighted by Gasteiger charge is 2.51. The summed E-state index contributed by atoms with van der Waals surface area (Å²) in [4.78, 5) is 47.5. The van der Waals surface area contributed by atoms with E-state index in [0.29, 0.717) is 13.0 Å². The van der Waals surface area contributed by atoms with Crippen molar-refractivity contribution < 1.29 is 53.8 Å². The van der Waals surface area contributed by atoms with Gasteiger partial charge in [0.25, 0.3) is 0 Å². The summed E-state index contributed by atoms with van der Waals surface area (Å²) in [5.41, 5.74) is -2.36. The van der Waals surface area contributed by atoms with Crippen molar-refractivity contribution in [1.82, 2.24) is 20.5 Å². The van der Waals surface area contributed by atoms with Gasteiger partial charge in [-0.3, -0.25) is 19.4 Å². The zero-order valence-corrected chi connectivity index (χ0v) is 34.4. The number of aromatic nitrogens is 1. The van der Waals surface area contributed by atoms with E-state index in [9.17, 15) is 34.8 Å². The summed E-state index contributed by atoms with van der Waals surface area (Å²) in [7, 11) is 3.69. The number of aliphatic hydroxyl groups is 4. The maximum absolute atomic E-state index is 14.3. The number of ketones is 1. The van der Waals surface area contributed by atoms with Crippen LogP contribution in [0.3, 0.4) is 0 Å². The average molecular weight is 781 g/mol. The Balaban J connectivity index is 1.99. The van der Waals surface area contributed by atoms with E-state index < -0.39 is 89.5 Å². The molecule has 0 aliphatic carbocycles. The van der Waals surface area contributed by atoms with Gasteiger partial charge in [-0.15, -0.1) is 0 Å². The molecule has 55 heavy (non-hydrogen) atoms. The van der Waals surface area contributed by atoms with Gasteiger partial charge in [0, 0.05) is 36.9 Å². The first-order valence-corrected chi connectivity index (χ1v) is 19.7. The molecule has 3 heterocycles. The van der Waals surface area contributed by atoms with Crippen LogP contribution in [-0.2, 0) is 39.8 Å². The SMILES string of the molecule is CC[C@H]1OC(=O)[C@H](C)C(=O)[C@H](C)[C@@H](O[C@@H]2O[C@H](C)C[C@H](N(C)C)[C@H]2O)[C@](C)(OCC(O)CNCCCc2cccnc2)C[C@@H](C)NC(=O)[C@H](C)[C@@H](O)[C@]1(C)O. The minimum atomic E-state index is -2.03. The number of Topliss-reactive ketones (excluding diaryl/α,β-unsaturated/α-hetero) is 1. The van der Waals surface area contributed by atoms with Crippen LogP contribution in [0.25, 0.3) is 0 Å². The largest absolute Gasteiger partial charge is 0.459 e. The molecule has 2 fully saturated rings. The second-order valence-corrected chi connectivity index (χ2v) is 16.4. The number of nitrogens with one attached hydrogen (secondary N) is 2. The fraction of sp³-hybridized carbons (Fsp3) is 0.800. The standard InChI is InChI=1S/C40H68N4O11/c1-11-31-40(8,51)34(48)27(6)36(49)43-23(2)19-39(7,52-22-29(45)21-42-17-13-15-28-14-12-16-41-20-28)35(25(4)32(46)26(5)37(50)54-31)55-38-33(47)30(44(9)10)18-24(3)53-38/h12,14,16,20,23-27,29-31,33-35,38,42,45,47-48,51H,11,13,15,17-19,21-22H2,1-10H3,(H,43,49)/t23-,24-,25+,26-,27-,29?,30+,31-,33-,34-,35-,38+,39-,40-/m1/s1. The average Bonchev–Trinajstić information content (AvgIpc) is 3.14. The smallest absolute Gasteiger partial charge is 0.316 e. The van der Waals surface area contributed by atoms with Gasteiger partial charge in [-0.2, -0.15) is 0 Å². The molecule has 0 aromatic carbocycles. The molecule has 0 spiro atoms. The number of likely N-dealkylation sites (N-methyl/N-ethyl adjacent to an activating group) is 1. The highest BCUT2D eigenvalue weighted by molar-refractivity contribution is 6.00. The lowest BCUT2D eigenvalue weighted by Crippen LogP contribution is -2.60. The zero-order chi connectivity index (χ0) is 41.2. The monoisotopic (exact) mass is 780 g/mol. The topological polar surface area (TPSA) is 209 Å². The highest BCUT2D eigenvalue weighted by atomic mass is 16.7. The molecule has 15 heteroatoms. The number of ether oxygens (including phenoxy) is 4. The van der Waals surface area contributed by atoms with Crippen LogP contribution in [0, 0.1) is 17.8 Å². The molecule has 1 aromatic heterocycles. The lowest BCUT2D eigenvalue weighted by atomic mass is 9.79. The van der Waals surface area contributed by atoms with Gasteiger partial charge in [-0.05, 0) is 99.0 Å². The molecule has 2 aliphatic heterocycles. The fourth-order valence-corrected chi connectivity index (χ4v) is 7.82. The number of carbonyl (C=O) groups is 3. The number of esters is 1. The number of cyclic esters (lactones) is 1. The van der Waals surface area contributed by atoms with Gasteiger partial charge in [0.2, 0.25) is 5.91 Å². The Morgan fingerprint density at radius 1 is 1.11 bits per heavy atom. The van der Waals surface area contributed by atoms with E-state index >= 15 is 0 Å². The van der Waals surface area contributed by atoms with Gasteiger partial charge in [-0.25, -0.2) is 0 Å². The number of pyridine rings is 1. The molecular formula is C40H68N4O11. The molecule has 1 aromatic rings. The van der Waals surface area contributed by atoms with E-state index in [2.05, 4.69) is 15.6 Å². The van der Waals surface area contributed by atoms with Crippen molar-refractivity contribution in [3.8, 4) is 0 Å². The number of nitrogens with zero attached hydrogens (tertiary/aromatic N) is 2. The summed E-state index contributed by atoms with van der Waals surface area (Å²) < 4.78 is 25.0. The number of hydrogen-bond acceptors (Lipinski definition) is 14. The molecule has 15 nitrogen and oxygen atoms in total. The quantitative estimate of drug-likeness (QED) is 0.0950. The van der Waals surface area contributed by atoms with Gasteiger partial charge in [-0.1, -0.05) is 26.8 Å². The predicted molar refractivity (Wildman–Crippen MR) is 205 cm³/mol. The van der Waals surface area contributed by atoms with E-state index in [4.69, 9.17) is 18.9 Å². The molecule has 6 N–H and O–H groups in total. The molecule has 2 aliphatic rings. The Bertz CT molecular complexity index is 1370. The number of amides is 1. The summed E-state index contributed by atoms with van der Waals surface area (Å²) >= 11 is 0. The van der Waals surface area contributed by atoms with Crippen molar-refractivity contribution in [3.63, 3.8) is 0 Å². The second kappa shape index (κ2) is 20.7. The normalized spacial score (nSPS) is 37.8. The van der Waals surface area contributed by atoms with Crippen LogP contribution in [0.1, 0.15) is 86.6 Å². The molecule has 0 saturated carbocycles. The number of aliphatic hydroxyl groups excluding tert-OH is 3. The highest BCUT2D eigenvalue weighted by Crippen LogP contribution is 2.36. The van der Waals surface area contributed by atoms with E-state index in [1.807, 2.05) is 44.2 Å². The van der Waals surface area contributed by atoms with Crippen LogP contribution in [-0.4, -0.2) is 148 Å². The van der Waals surface area contributed by atoms with Crippen LogP contribution in [0.5, 0.6) is 0 Å². The van der Waals surface area contributed by atoms with E-state index in [1.165, 1.54) is 20.8 Å². The second-order valence-electron chi connectivity index (χ2n) is 16.4. The molecule has 3 rings (SSSR count). The first-order chi connectivity index (χ1) is 25.7. The molecule has 1 amide bonds. The minimum absolute atomic E-state index is 0.0391. The maximum atomic E-state index is 14.3. The Morgan fingerprint density at radius 2 is 1.80 bits per heavy atom. The minimum Gasteiger partial charge on any atom is -0.459 e. The first-order valence-electron chi connectivity index (χ1n) is 19.7. The van der Waals surface area contributed by atoms with Gasteiger partial charge in [0.1, 0.15) is 23.7 Å². The molecule has 314 valence electrons. The van der Waals surface area contributed by atoms with E-state index in [-0.39, 0.29) is 38.1 Å². The summed E-state index contributed by atoms with van der Waals surface area (Å²) in [5, 5.41) is 51.4. The first kappa shape index (κ1) is 46.8. The van der Waals surface area contributed by atoms with Gasteiger partial charge in [0.05, 0.1) is 42.5 Å². The van der Waals surface area contributed by atoms with Gasteiger partial charge < -0.3 is 54.9 Å². The summed E-state index contributed by atoms with van der Waals surface area (Å²) in [5.74, 6) is -5.58. The van der Waals surface area contributed by atoms with Gasteiger partial charge in [0.15, 0.2) is 12.1 Å². The molecule has 14 atom stereocenters.